The van der Waals surface area contributed by atoms with E-state index in [-0.39, 0.29) is 11.6 Å². The van der Waals surface area contributed by atoms with E-state index in [1.807, 2.05) is 32.2 Å². The standard InChI is InChI=1S/C13H16N2OS3/c1-9(2)11-6-7-15(13(16)14-11)12-5-4-10(19-12)8-18-17-3/h4-7,9H,8H2,1-3H3. The highest BCUT2D eigenvalue weighted by atomic mass is 33.1. The van der Waals surface area contributed by atoms with Crippen LogP contribution in [0.3, 0.4) is 0 Å². The first-order chi connectivity index (χ1) is 9.11. The van der Waals surface area contributed by atoms with Crippen molar-refractivity contribution in [2.75, 3.05) is 6.26 Å². The molecule has 0 aliphatic carbocycles. The number of rotatable bonds is 5. The van der Waals surface area contributed by atoms with E-state index in [2.05, 4.69) is 17.3 Å². The lowest BCUT2D eigenvalue weighted by Gasteiger charge is -2.05. The Kier molecular flexibility index (Phi) is 5.13. The van der Waals surface area contributed by atoms with E-state index in [1.165, 1.54) is 4.88 Å². The molecular formula is C13H16N2OS3. The van der Waals surface area contributed by atoms with Gasteiger partial charge in [-0.05, 0) is 30.4 Å². The van der Waals surface area contributed by atoms with Gasteiger partial charge < -0.3 is 0 Å². The average molecular weight is 312 g/mol. The highest BCUT2D eigenvalue weighted by Crippen LogP contribution is 2.28. The lowest BCUT2D eigenvalue weighted by atomic mass is 10.1. The number of thiophene rings is 1. The highest BCUT2D eigenvalue weighted by molar-refractivity contribution is 8.76. The molecular weight excluding hydrogens is 296 g/mol. The summed E-state index contributed by atoms with van der Waals surface area (Å²) in [5.41, 5.74) is 0.646. The maximum Gasteiger partial charge on any atom is 0.353 e. The third kappa shape index (κ3) is 3.64. The largest absolute Gasteiger partial charge is 0.353 e. The van der Waals surface area contributed by atoms with Gasteiger partial charge in [-0.25, -0.2) is 4.79 Å². The van der Waals surface area contributed by atoms with Crippen LogP contribution < -0.4 is 5.69 Å². The first kappa shape index (κ1) is 14.7. The second kappa shape index (κ2) is 6.63. The molecule has 0 saturated carbocycles. The molecule has 6 heteroatoms. The molecule has 2 aromatic heterocycles. The maximum absolute atomic E-state index is 12.0. The van der Waals surface area contributed by atoms with E-state index in [9.17, 15) is 4.79 Å². The summed E-state index contributed by atoms with van der Waals surface area (Å²) in [6, 6.07) is 5.98. The van der Waals surface area contributed by atoms with Crippen molar-refractivity contribution in [3.05, 3.63) is 45.5 Å². The van der Waals surface area contributed by atoms with Crippen LogP contribution in [-0.2, 0) is 5.75 Å². The summed E-state index contributed by atoms with van der Waals surface area (Å²) in [6.07, 6.45) is 3.89. The molecule has 2 rings (SSSR count). The fourth-order valence-electron chi connectivity index (χ4n) is 1.60. The molecule has 0 aliphatic heterocycles. The Hall–Kier alpha value is -0.720. The van der Waals surface area contributed by atoms with Crippen LogP contribution in [0.25, 0.3) is 5.00 Å². The minimum Gasteiger partial charge on any atom is -0.259 e. The Labute approximate surface area is 124 Å². The third-order valence-electron chi connectivity index (χ3n) is 2.62. The van der Waals surface area contributed by atoms with E-state index >= 15 is 0 Å². The Bertz CT molecular complexity index is 604. The minimum atomic E-state index is -0.197. The van der Waals surface area contributed by atoms with Gasteiger partial charge in [-0.3, -0.25) is 4.57 Å². The summed E-state index contributed by atoms with van der Waals surface area (Å²) in [6.45, 7) is 4.07. The van der Waals surface area contributed by atoms with Crippen molar-refractivity contribution in [2.45, 2.75) is 25.5 Å². The summed E-state index contributed by atoms with van der Waals surface area (Å²) < 4.78 is 1.61. The monoisotopic (exact) mass is 312 g/mol. The van der Waals surface area contributed by atoms with Gasteiger partial charge in [-0.2, -0.15) is 4.98 Å². The molecule has 0 atom stereocenters. The lowest BCUT2D eigenvalue weighted by molar-refractivity contribution is 0.781. The van der Waals surface area contributed by atoms with Gasteiger partial charge in [0.2, 0.25) is 0 Å². The molecule has 2 heterocycles. The Morgan fingerprint density at radius 2 is 2.16 bits per heavy atom. The van der Waals surface area contributed by atoms with Crippen LogP contribution in [0.5, 0.6) is 0 Å². The van der Waals surface area contributed by atoms with Crippen molar-refractivity contribution in [1.82, 2.24) is 9.55 Å². The number of nitrogens with zero attached hydrogens (tertiary/aromatic N) is 2. The molecule has 0 aromatic carbocycles. The van der Waals surface area contributed by atoms with Crippen LogP contribution in [0.1, 0.15) is 30.3 Å². The van der Waals surface area contributed by atoms with E-state index in [0.717, 1.165) is 16.4 Å². The zero-order valence-electron chi connectivity index (χ0n) is 11.1. The first-order valence-electron chi connectivity index (χ1n) is 5.96. The summed E-state index contributed by atoms with van der Waals surface area (Å²) in [5.74, 6) is 1.25. The van der Waals surface area contributed by atoms with Gasteiger partial charge in [0.25, 0.3) is 0 Å². The van der Waals surface area contributed by atoms with Crippen molar-refractivity contribution in [1.29, 1.82) is 0 Å². The number of hydrogen-bond donors (Lipinski definition) is 0. The molecule has 0 amide bonds. The van der Waals surface area contributed by atoms with Crippen LogP contribution >= 0.6 is 32.9 Å². The quantitative estimate of drug-likeness (QED) is 0.784. The lowest BCUT2D eigenvalue weighted by Crippen LogP contribution is -2.21. The van der Waals surface area contributed by atoms with Gasteiger partial charge in [-0.1, -0.05) is 35.4 Å². The Morgan fingerprint density at radius 3 is 2.79 bits per heavy atom. The summed E-state index contributed by atoms with van der Waals surface area (Å²) in [5, 5.41) is 0.935. The Balaban J connectivity index is 2.27. The maximum atomic E-state index is 12.0. The van der Waals surface area contributed by atoms with Gasteiger partial charge in [0, 0.05) is 16.8 Å². The zero-order chi connectivity index (χ0) is 13.8. The number of hydrogen-bond acceptors (Lipinski definition) is 5. The third-order valence-corrected chi connectivity index (χ3v) is 5.61. The normalized spacial score (nSPS) is 11.2. The summed E-state index contributed by atoms with van der Waals surface area (Å²) in [7, 11) is 3.56. The van der Waals surface area contributed by atoms with Gasteiger partial charge in [0.15, 0.2) is 0 Å². The second-order valence-electron chi connectivity index (χ2n) is 4.33. The fourth-order valence-corrected chi connectivity index (χ4v) is 4.08. The topological polar surface area (TPSA) is 34.9 Å². The highest BCUT2D eigenvalue weighted by Gasteiger charge is 2.07. The predicted molar refractivity (Wildman–Crippen MR) is 86.6 cm³/mol. The molecule has 102 valence electrons. The summed E-state index contributed by atoms with van der Waals surface area (Å²) >= 11 is 1.64. The van der Waals surface area contributed by atoms with E-state index in [1.54, 1.807) is 37.5 Å². The molecule has 0 N–H and O–H groups in total. The summed E-state index contributed by atoms with van der Waals surface area (Å²) in [4.78, 5) is 17.4. The van der Waals surface area contributed by atoms with E-state index < -0.39 is 0 Å². The SMILES string of the molecule is CSSCc1ccc(-n2ccc(C(C)C)nc2=O)s1. The zero-order valence-corrected chi connectivity index (χ0v) is 13.6. The van der Waals surface area contributed by atoms with Crippen LogP contribution in [0.4, 0.5) is 0 Å². The van der Waals surface area contributed by atoms with Crippen LogP contribution in [0.2, 0.25) is 0 Å². The van der Waals surface area contributed by atoms with Crippen molar-refractivity contribution < 1.29 is 0 Å². The van der Waals surface area contributed by atoms with Crippen LogP contribution in [0, 0.1) is 0 Å². The smallest absolute Gasteiger partial charge is 0.259 e. The van der Waals surface area contributed by atoms with Crippen molar-refractivity contribution in [3.8, 4) is 5.00 Å². The molecule has 0 spiro atoms. The molecule has 0 fully saturated rings. The van der Waals surface area contributed by atoms with Gasteiger partial charge in [0.1, 0.15) is 5.00 Å². The van der Waals surface area contributed by atoms with Crippen molar-refractivity contribution in [2.24, 2.45) is 0 Å². The van der Waals surface area contributed by atoms with Crippen LogP contribution in [0.15, 0.2) is 29.2 Å². The second-order valence-corrected chi connectivity index (χ2v) is 8.04. The van der Waals surface area contributed by atoms with Crippen LogP contribution in [-0.4, -0.2) is 15.8 Å². The van der Waals surface area contributed by atoms with E-state index in [4.69, 9.17) is 0 Å². The molecule has 2 aromatic rings. The van der Waals surface area contributed by atoms with E-state index in [0.29, 0.717) is 0 Å². The molecule has 0 radical (unpaired) electrons. The van der Waals surface area contributed by atoms with Crippen molar-refractivity contribution >= 4 is 32.9 Å². The van der Waals surface area contributed by atoms with Gasteiger partial charge >= 0.3 is 5.69 Å². The molecule has 0 aliphatic rings. The molecule has 0 unspecified atom stereocenters. The Morgan fingerprint density at radius 1 is 1.37 bits per heavy atom. The fraction of sp³-hybridized carbons (Fsp3) is 0.385. The predicted octanol–water partition coefficient (Wildman–Crippen LogP) is 3.93. The molecule has 0 bridgehead atoms. The molecule has 3 nitrogen and oxygen atoms in total. The first-order valence-corrected chi connectivity index (χ1v) is 9.50. The molecule has 0 saturated heterocycles. The van der Waals surface area contributed by atoms with Gasteiger partial charge in [-0.15, -0.1) is 11.3 Å². The number of aromatic nitrogens is 2. The van der Waals surface area contributed by atoms with Gasteiger partial charge in [0.05, 0.1) is 5.69 Å². The molecule has 19 heavy (non-hydrogen) atoms. The average Bonchev–Trinajstić information content (AvgIpc) is 2.84. The van der Waals surface area contributed by atoms with Crippen molar-refractivity contribution in [3.63, 3.8) is 0 Å². The minimum absolute atomic E-state index is 0.197.